The third kappa shape index (κ3) is 3.43. The smallest absolute Gasteiger partial charge is 0.266 e. The number of hydrogen-bond donors (Lipinski definition) is 0. The first-order chi connectivity index (χ1) is 16.6. The number of amides is 2. The molecule has 0 radical (unpaired) electrons. The summed E-state index contributed by atoms with van der Waals surface area (Å²) in [5, 5.41) is 1.64. The molecule has 5 rings (SSSR count). The van der Waals surface area contributed by atoms with Gasteiger partial charge in [0.2, 0.25) is 5.91 Å². The summed E-state index contributed by atoms with van der Waals surface area (Å²) in [5.41, 5.74) is 1.89. The molecule has 0 saturated carbocycles. The molecule has 2 heterocycles. The van der Waals surface area contributed by atoms with Crippen LogP contribution in [0, 0.1) is 5.92 Å². The van der Waals surface area contributed by atoms with E-state index in [0.29, 0.717) is 28.5 Å². The molecule has 3 atom stereocenters. The van der Waals surface area contributed by atoms with E-state index in [-0.39, 0.29) is 5.91 Å². The van der Waals surface area contributed by atoms with Crippen molar-refractivity contribution in [2.75, 3.05) is 31.3 Å². The Labute approximate surface area is 197 Å². The third-order valence-corrected chi connectivity index (χ3v) is 6.20. The second kappa shape index (κ2) is 8.72. The topological polar surface area (TPSA) is 77.5 Å². The largest absolute Gasteiger partial charge is 0.497 e. The number of carbonyl (C=O) groups is 2. The van der Waals surface area contributed by atoms with E-state index in [1.165, 1.54) is 12.0 Å². The fraction of sp³-hybridized carbons (Fsp3) is 0.231. The molecule has 3 unspecified atom stereocenters. The van der Waals surface area contributed by atoms with Crippen molar-refractivity contribution >= 4 is 23.2 Å². The SMILES string of the molecule is COc1cccc(N2C(=O)C3ON(c4ccccc4)C(c4ccc(OC)cc4OC)C3C2=O)c1. The van der Waals surface area contributed by atoms with E-state index in [9.17, 15) is 9.59 Å². The Bertz CT molecular complexity index is 1230. The van der Waals surface area contributed by atoms with Crippen molar-refractivity contribution in [1.29, 1.82) is 0 Å². The average Bonchev–Trinajstić information content (AvgIpc) is 3.39. The predicted molar refractivity (Wildman–Crippen MR) is 125 cm³/mol. The van der Waals surface area contributed by atoms with Crippen molar-refractivity contribution in [1.82, 2.24) is 0 Å². The Kier molecular flexibility index (Phi) is 5.59. The summed E-state index contributed by atoms with van der Waals surface area (Å²) in [4.78, 5) is 34.6. The fourth-order valence-electron chi connectivity index (χ4n) is 4.60. The minimum Gasteiger partial charge on any atom is -0.497 e. The summed E-state index contributed by atoms with van der Waals surface area (Å²) in [6, 6.07) is 21.1. The monoisotopic (exact) mass is 460 g/mol. The van der Waals surface area contributed by atoms with Crippen LogP contribution in [-0.2, 0) is 14.4 Å². The highest BCUT2D eigenvalue weighted by molar-refractivity contribution is 6.24. The lowest BCUT2D eigenvalue weighted by Gasteiger charge is -2.29. The second-order valence-electron chi connectivity index (χ2n) is 7.98. The molecule has 2 amide bonds. The first-order valence-electron chi connectivity index (χ1n) is 10.8. The van der Waals surface area contributed by atoms with Crippen molar-refractivity contribution < 1.29 is 28.6 Å². The summed E-state index contributed by atoms with van der Waals surface area (Å²) in [6.45, 7) is 0. The second-order valence-corrected chi connectivity index (χ2v) is 7.98. The van der Waals surface area contributed by atoms with Crippen LogP contribution in [0.4, 0.5) is 11.4 Å². The van der Waals surface area contributed by atoms with E-state index in [1.54, 1.807) is 55.7 Å². The Morgan fingerprint density at radius 1 is 0.735 bits per heavy atom. The maximum Gasteiger partial charge on any atom is 0.266 e. The van der Waals surface area contributed by atoms with Crippen LogP contribution >= 0.6 is 0 Å². The lowest BCUT2D eigenvalue weighted by atomic mass is 9.90. The van der Waals surface area contributed by atoms with Crippen LogP contribution in [0.5, 0.6) is 17.2 Å². The number of nitrogens with zero attached hydrogens (tertiary/aromatic N) is 2. The molecule has 0 aliphatic carbocycles. The van der Waals surface area contributed by atoms with Crippen molar-refractivity contribution in [3.05, 3.63) is 78.4 Å². The zero-order valence-corrected chi connectivity index (χ0v) is 19.0. The van der Waals surface area contributed by atoms with Crippen LogP contribution in [0.2, 0.25) is 0 Å². The van der Waals surface area contributed by atoms with Crippen molar-refractivity contribution in [2.24, 2.45) is 5.92 Å². The van der Waals surface area contributed by atoms with Gasteiger partial charge < -0.3 is 14.2 Å². The third-order valence-electron chi connectivity index (χ3n) is 6.20. The van der Waals surface area contributed by atoms with Crippen molar-refractivity contribution in [3.8, 4) is 17.2 Å². The summed E-state index contributed by atoms with van der Waals surface area (Å²) in [6.07, 6.45) is -0.976. The van der Waals surface area contributed by atoms with E-state index in [4.69, 9.17) is 19.0 Å². The van der Waals surface area contributed by atoms with Crippen LogP contribution in [0.1, 0.15) is 11.6 Å². The Morgan fingerprint density at radius 2 is 1.44 bits per heavy atom. The maximum absolute atomic E-state index is 13.8. The fourth-order valence-corrected chi connectivity index (χ4v) is 4.60. The number of rotatable bonds is 6. The number of benzene rings is 3. The predicted octanol–water partition coefficient (Wildman–Crippen LogP) is 3.76. The molecule has 2 aliphatic heterocycles. The maximum atomic E-state index is 13.8. The summed E-state index contributed by atoms with van der Waals surface area (Å²) < 4.78 is 16.3. The van der Waals surface area contributed by atoms with E-state index in [1.807, 2.05) is 36.4 Å². The molecule has 0 N–H and O–H groups in total. The molecule has 34 heavy (non-hydrogen) atoms. The minimum absolute atomic E-state index is 0.343. The molecular weight excluding hydrogens is 436 g/mol. The number of para-hydroxylation sites is 1. The number of hydroxylamine groups is 1. The van der Waals surface area contributed by atoms with Crippen molar-refractivity contribution in [2.45, 2.75) is 12.1 Å². The van der Waals surface area contributed by atoms with Gasteiger partial charge >= 0.3 is 0 Å². The van der Waals surface area contributed by atoms with Crippen LogP contribution in [0.15, 0.2) is 72.8 Å². The van der Waals surface area contributed by atoms with Gasteiger partial charge in [-0.25, -0.2) is 9.96 Å². The molecule has 8 nitrogen and oxygen atoms in total. The Balaban J connectivity index is 1.61. The molecule has 2 saturated heterocycles. The van der Waals surface area contributed by atoms with Gasteiger partial charge in [-0.05, 0) is 36.4 Å². The highest BCUT2D eigenvalue weighted by atomic mass is 16.7. The van der Waals surface area contributed by atoms with E-state index in [0.717, 1.165) is 5.69 Å². The van der Waals surface area contributed by atoms with E-state index in [2.05, 4.69) is 0 Å². The van der Waals surface area contributed by atoms with Crippen LogP contribution in [0.3, 0.4) is 0 Å². The quantitative estimate of drug-likeness (QED) is 0.519. The molecule has 174 valence electrons. The molecule has 0 bridgehead atoms. The van der Waals surface area contributed by atoms with Gasteiger partial charge in [-0.15, -0.1) is 0 Å². The summed E-state index contributed by atoms with van der Waals surface area (Å²) in [5.74, 6) is 0.170. The highest BCUT2D eigenvalue weighted by Gasteiger charge is 2.60. The lowest BCUT2D eigenvalue weighted by Crippen LogP contribution is -2.37. The first kappa shape index (κ1) is 21.8. The Morgan fingerprint density at radius 3 is 2.15 bits per heavy atom. The summed E-state index contributed by atoms with van der Waals surface area (Å²) >= 11 is 0. The van der Waals surface area contributed by atoms with Gasteiger partial charge in [-0.2, -0.15) is 0 Å². The van der Waals surface area contributed by atoms with Gasteiger partial charge in [0, 0.05) is 17.7 Å². The zero-order valence-electron chi connectivity index (χ0n) is 19.0. The number of anilines is 2. The molecule has 8 heteroatoms. The zero-order chi connectivity index (χ0) is 23.8. The highest BCUT2D eigenvalue weighted by Crippen LogP contribution is 2.50. The molecule has 3 aromatic rings. The van der Waals surface area contributed by atoms with Gasteiger partial charge in [0.25, 0.3) is 5.91 Å². The van der Waals surface area contributed by atoms with Crippen LogP contribution in [0.25, 0.3) is 0 Å². The van der Waals surface area contributed by atoms with Crippen molar-refractivity contribution in [3.63, 3.8) is 0 Å². The number of ether oxygens (including phenoxy) is 3. The lowest BCUT2D eigenvalue weighted by molar-refractivity contribution is -0.126. The molecule has 2 fully saturated rings. The molecule has 3 aromatic carbocycles. The Hall–Kier alpha value is -4.04. The van der Waals surface area contributed by atoms with Gasteiger partial charge in [0.15, 0.2) is 6.10 Å². The number of hydrogen-bond acceptors (Lipinski definition) is 7. The van der Waals surface area contributed by atoms with Crippen LogP contribution < -0.4 is 24.2 Å². The normalized spacial score (nSPS) is 21.6. The van der Waals surface area contributed by atoms with Gasteiger partial charge in [0.1, 0.15) is 23.2 Å². The molecule has 0 aromatic heterocycles. The number of methoxy groups -OCH3 is 3. The van der Waals surface area contributed by atoms with Gasteiger partial charge in [-0.1, -0.05) is 24.3 Å². The minimum atomic E-state index is -0.976. The van der Waals surface area contributed by atoms with Crippen LogP contribution in [-0.4, -0.2) is 39.2 Å². The molecular formula is C26H24N2O6. The number of fused-ring (bicyclic) bond motifs is 1. The van der Waals surface area contributed by atoms with E-state index >= 15 is 0 Å². The van der Waals surface area contributed by atoms with E-state index < -0.39 is 24.0 Å². The van der Waals surface area contributed by atoms with Gasteiger partial charge in [0.05, 0.1) is 38.7 Å². The summed E-state index contributed by atoms with van der Waals surface area (Å²) in [7, 11) is 4.67. The van der Waals surface area contributed by atoms with Gasteiger partial charge in [-0.3, -0.25) is 14.4 Å². The molecule has 2 aliphatic rings. The number of carbonyl (C=O) groups excluding carboxylic acids is 2. The number of imide groups is 1. The average molecular weight is 460 g/mol. The molecule has 0 spiro atoms. The standard InChI is InChI=1S/C26H24N2O6/c1-31-18-11-7-10-17(14-18)27-25(29)22-23(20-13-12-19(32-2)15-21(20)33-3)28(34-24(22)26(27)30)16-8-5-4-6-9-16/h4-15,22-24H,1-3H3. The first-order valence-corrected chi connectivity index (χ1v) is 10.8.